The van der Waals surface area contributed by atoms with Crippen molar-refractivity contribution in [1.29, 1.82) is 0 Å². The van der Waals surface area contributed by atoms with Crippen molar-refractivity contribution < 1.29 is 33.4 Å². The third-order valence-corrected chi connectivity index (χ3v) is 9.89. The van der Waals surface area contributed by atoms with Crippen LogP contribution in [0.4, 0.5) is 0 Å². The molecule has 0 saturated heterocycles. The quantitative estimate of drug-likeness (QED) is 0.129. The number of hydrogen-bond acceptors (Lipinski definition) is 6. The first kappa shape index (κ1) is 46.8. The van der Waals surface area contributed by atoms with Crippen molar-refractivity contribution in [2.45, 2.75) is 187 Å². The lowest BCUT2D eigenvalue weighted by atomic mass is 9.76. The normalized spacial score (nSPS) is 16.4. The van der Waals surface area contributed by atoms with Gasteiger partial charge in [0.15, 0.2) is 0 Å². The van der Waals surface area contributed by atoms with Gasteiger partial charge >= 0.3 is 11.9 Å². The van der Waals surface area contributed by atoms with Crippen LogP contribution >= 0.6 is 0 Å². The second-order valence-electron chi connectivity index (χ2n) is 21.1. The van der Waals surface area contributed by atoms with E-state index in [0.717, 1.165) is 38.8 Å². The van der Waals surface area contributed by atoms with Crippen molar-refractivity contribution >= 4 is 11.9 Å². The van der Waals surface area contributed by atoms with E-state index in [2.05, 4.69) is 90.1 Å². The second kappa shape index (κ2) is 16.9. The van der Waals surface area contributed by atoms with Gasteiger partial charge < -0.3 is 23.8 Å². The fourth-order valence-corrected chi connectivity index (χ4v) is 6.15. The molecule has 0 aliphatic carbocycles. The zero-order valence-corrected chi connectivity index (χ0v) is 35.8. The van der Waals surface area contributed by atoms with Crippen LogP contribution in [0, 0.1) is 33.5 Å². The maximum atomic E-state index is 13.1. The number of rotatable bonds is 20. The Morgan fingerprint density at radius 1 is 0.521 bits per heavy atom. The maximum absolute atomic E-state index is 13.1. The Kier molecular flexibility index (Phi) is 16.5. The van der Waals surface area contributed by atoms with E-state index in [1.54, 1.807) is 0 Å². The number of carbonyl (C=O) groups is 2. The van der Waals surface area contributed by atoms with Crippen LogP contribution in [-0.2, 0) is 28.5 Å². The van der Waals surface area contributed by atoms with Crippen molar-refractivity contribution in [2.75, 3.05) is 33.4 Å². The van der Waals surface area contributed by atoms with Crippen molar-refractivity contribution in [3.63, 3.8) is 0 Å². The Morgan fingerprint density at radius 3 is 1.04 bits per heavy atom. The van der Waals surface area contributed by atoms with Gasteiger partial charge in [0, 0.05) is 24.7 Å². The molecule has 0 rings (SSSR count). The molecule has 0 aliphatic heterocycles. The maximum Gasteiger partial charge on any atom is 0.312 e. The Hall–Kier alpha value is -1.18. The van der Waals surface area contributed by atoms with E-state index in [1.807, 2.05) is 55.4 Å². The Bertz CT molecular complexity index is 929. The van der Waals surface area contributed by atoms with Gasteiger partial charge in [-0.15, -0.1) is 0 Å². The summed E-state index contributed by atoms with van der Waals surface area (Å²) in [5.41, 5.74) is -2.87. The van der Waals surface area contributed by atoms with Crippen LogP contribution in [0.25, 0.3) is 0 Å². The Labute approximate surface area is 298 Å². The number of carbonyl (C=O) groups excluding carboxylic acids is 2. The van der Waals surface area contributed by atoms with Crippen molar-refractivity contribution in [3.8, 4) is 0 Å². The highest BCUT2D eigenvalue weighted by Crippen LogP contribution is 2.38. The SMILES string of the molecule is CC(COC(C)(C)CC[NH+](C)CCC(C)(C)OCC(C)C(C)(C)OC(=O)C(C)(C)CC(C)(C)C)C(C)(C)OC(=O)C(C)(C)CC(C)(C)C. The van der Waals surface area contributed by atoms with E-state index >= 15 is 0 Å². The van der Waals surface area contributed by atoms with Gasteiger partial charge in [0.1, 0.15) is 11.2 Å². The lowest BCUT2D eigenvalue weighted by Gasteiger charge is -2.38. The molecule has 7 heteroatoms. The predicted molar refractivity (Wildman–Crippen MR) is 200 cm³/mol. The number of esters is 2. The summed E-state index contributed by atoms with van der Waals surface area (Å²) in [7, 11) is 2.22. The smallest absolute Gasteiger partial charge is 0.312 e. The standard InChI is InChI=1S/C41H81NO6/c1-30(40(17,18)47-32(43)36(9,10)28-34(3,4)5)26-45-38(13,14)22-24-42(21)25-23-39(15,16)46-27-31(2)41(19,20)48-33(44)37(11,12)29-35(6,7)8/h30-31H,22-29H2,1-21H3/p+1. The zero-order valence-electron chi connectivity index (χ0n) is 35.8. The fourth-order valence-electron chi connectivity index (χ4n) is 6.15. The molecular weight excluding hydrogens is 602 g/mol. The number of ether oxygens (including phenoxy) is 4. The molecule has 48 heavy (non-hydrogen) atoms. The number of quaternary nitrogens is 1. The first-order chi connectivity index (χ1) is 21.0. The lowest BCUT2D eigenvalue weighted by molar-refractivity contribution is -0.881. The Morgan fingerprint density at radius 2 is 0.792 bits per heavy atom. The van der Waals surface area contributed by atoms with Crippen LogP contribution in [-0.4, -0.2) is 67.7 Å². The van der Waals surface area contributed by atoms with Crippen molar-refractivity contribution in [3.05, 3.63) is 0 Å². The monoisotopic (exact) mass is 685 g/mol. The van der Waals surface area contributed by atoms with Crippen molar-refractivity contribution in [1.82, 2.24) is 0 Å². The molecule has 0 radical (unpaired) electrons. The van der Waals surface area contributed by atoms with E-state index in [0.29, 0.717) is 13.2 Å². The molecule has 0 heterocycles. The first-order valence-electron chi connectivity index (χ1n) is 18.6. The lowest BCUT2D eigenvalue weighted by Crippen LogP contribution is -3.09. The summed E-state index contributed by atoms with van der Waals surface area (Å²) in [5, 5.41) is 0. The molecule has 2 unspecified atom stereocenters. The fraction of sp³-hybridized carbons (Fsp3) is 0.951. The average molecular weight is 685 g/mol. The van der Waals surface area contributed by atoms with Gasteiger partial charge in [-0.25, -0.2) is 0 Å². The molecule has 0 saturated carbocycles. The van der Waals surface area contributed by atoms with Crippen molar-refractivity contribution in [2.24, 2.45) is 33.5 Å². The van der Waals surface area contributed by atoms with Gasteiger partial charge in [-0.2, -0.15) is 0 Å². The molecule has 2 atom stereocenters. The first-order valence-corrected chi connectivity index (χ1v) is 18.6. The van der Waals surface area contributed by atoms with Crippen LogP contribution in [0.3, 0.4) is 0 Å². The van der Waals surface area contributed by atoms with Gasteiger partial charge in [0.05, 0.1) is 55.4 Å². The number of nitrogens with one attached hydrogen (secondary N) is 1. The molecule has 286 valence electrons. The Balaban J connectivity index is 4.86. The highest BCUT2D eigenvalue weighted by molar-refractivity contribution is 5.77. The molecule has 0 fully saturated rings. The van der Waals surface area contributed by atoms with Gasteiger partial charge in [-0.05, 0) is 107 Å². The molecule has 1 N–H and O–H groups in total. The van der Waals surface area contributed by atoms with Crippen LogP contribution in [0.1, 0.15) is 164 Å². The summed E-state index contributed by atoms with van der Waals surface area (Å²) in [4.78, 5) is 27.6. The molecule has 0 amide bonds. The predicted octanol–water partition coefficient (Wildman–Crippen LogP) is 8.71. The van der Waals surface area contributed by atoms with Gasteiger partial charge in [-0.1, -0.05) is 55.4 Å². The highest BCUT2D eigenvalue weighted by Gasteiger charge is 2.41. The summed E-state index contributed by atoms with van der Waals surface area (Å²) in [6, 6.07) is 0. The minimum Gasteiger partial charge on any atom is -0.459 e. The molecule has 0 aromatic heterocycles. The van der Waals surface area contributed by atoms with E-state index in [-0.39, 0.29) is 45.8 Å². The summed E-state index contributed by atoms with van der Waals surface area (Å²) in [5.74, 6) is -0.217. The highest BCUT2D eigenvalue weighted by atomic mass is 16.6. The number of hydrogen-bond donors (Lipinski definition) is 1. The third kappa shape index (κ3) is 18.2. The second-order valence-corrected chi connectivity index (χ2v) is 21.1. The minimum absolute atomic E-state index is 0.0417. The van der Waals surface area contributed by atoms with Gasteiger partial charge in [0.25, 0.3) is 0 Å². The molecule has 0 aromatic carbocycles. The average Bonchev–Trinajstić information content (AvgIpc) is 2.84. The summed E-state index contributed by atoms with van der Waals surface area (Å²) >= 11 is 0. The summed E-state index contributed by atoms with van der Waals surface area (Å²) in [6.07, 6.45) is 3.34. The molecule has 0 spiro atoms. The van der Waals surface area contributed by atoms with E-state index < -0.39 is 22.0 Å². The van der Waals surface area contributed by atoms with Gasteiger partial charge in [0.2, 0.25) is 0 Å². The third-order valence-electron chi connectivity index (χ3n) is 9.89. The summed E-state index contributed by atoms with van der Waals surface area (Å²) < 4.78 is 25.0. The molecule has 0 aliphatic rings. The van der Waals surface area contributed by atoms with E-state index in [1.165, 1.54) is 4.90 Å². The molecule has 0 aromatic rings. The van der Waals surface area contributed by atoms with Crippen LogP contribution in [0.2, 0.25) is 0 Å². The zero-order chi connectivity index (χ0) is 38.4. The minimum atomic E-state index is -0.632. The summed E-state index contributed by atoms with van der Waals surface area (Å²) in [6.45, 7) is 44.5. The van der Waals surface area contributed by atoms with E-state index in [4.69, 9.17) is 18.9 Å². The van der Waals surface area contributed by atoms with Crippen LogP contribution < -0.4 is 4.90 Å². The van der Waals surface area contributed by atoms with Crippen LogP contribution in [0.15, 0.2) is 0 Å². The molecule has 7 nitrogen and oxygen atoms in total. The van der Waals surface area contributed by atoms with Gasteiger partial charge in [-0.3, -0.25) is 9.59 Å². The van der Waals surface area contributed by atoms with E-state index in [9.17, 15) is 9.59 Å². The van der Waals surface area contributed by atoms with Crippen LogP contribution in [0.5, 0.6) is 0 Å². The topological polar surface area (TPSA) is 75.5 Å². The largest absolute Gasteiger partial charge is 0.459 e. The molecular formula is C41H82NO6+. The molecule has 0 bridgehead atoms.